The van der Waals surface area contributed by atoms with E-state index < -0.39 is 7.26 Å². The number of benzene rings is 4. The Morgan fingerprint density at radius 2 is 0.514 bits per heavy atom. The van der Waals surface area contributed by atoms with Crippen LogP contribution in [0, 0.1) is 0 Å². The molecule has 0 saturated carbocycles. The summed E-state index contributed by atoms with van der Waals surface area (Å²) in [5.74, 6) is 0. The number of rotatable bonds is 16. The zero-order valence-electron chi connectivity index (χ0n) is 22.5. The SMILES string of the molecule is c1ccc(CCC[P+](CCCc2ccccc2)(CCCc2ccccc2)CCCc2ccccc2)cc1. The normalized spacial score (nSPS) is 11.5. The molecule has 0 saturated heterocycles. The van der Waals surface area contributed by atoms with Crippen LogP contribution >= 0.6 is 7.26 Å². The molecule has 0 spiro atoms. The summed E-state index contributed by atoms with van der Waals surface area (Å²) in [5.41, 5.74) is 5.99. The van der Waals surface area contributed by atoms with E-state index in [0.717, 1.165) is 0 Å². The van der Waals surface area contributed by atoms with E-state index in [4.69, 9.17) is 0 Å². The highest BCUT2D eigenvalue weighted by atomic mass is 31.2. The highest BCUT2D eigenvalue weighted by molar-refractivity contribution is 7.75. The summed E-state index contributed by atoms with van der Waals surface area (Å²) in [4.78, 5) is 0. The highest BCUT2D eigenvalue weighted by Crippen LogP contribution is 2.61. The molecule has 1 heteroatoms. The Morgan fingerprint density at radius 1 is 0.297 bits per heavy atom. The minimum absolute atomic E-state index is 1.04. The van der Waals surface area contributed by atoms with Gasteiger partial charge in [0.25, 0.3) is 0 Å². The van der Waals surface area contributed by atoms with E-state index in [1.807, 2.05) is 0 Å². The average Bonchev–Trinajstić information content (AvgIpc) is 2.95. The molecule has 0 N–H and O–H groups in total. The molecule has 37 heavy (non-hydrogen) atoms. The van der Waals surface area contributed by atoms with Crippen LogP contribution in [-0.4, -0.2) is 24.6 Å². The van der Waals surface area contributed by atoms with Crippen molar-refractivity contribution in [3.63, 3.8) is 0 Å². The fourth-order valence-corrected chi connectivity index (χ4v) is 10.4. The minimum Gasteiger partial charge on any atom is -0.0622 e. The molecular formula is C36H44P+. The Kier molecular flexibility index (Phi) is 11.5. The van der Waals surface area contributed by atoms with Gasteiger partial charge in [-0.05, 0) is 73.6 Å². The number of hydrogen-bond donors (Lipinski definition) is 0. The van der Waals surface area contributed by atoms with Crippen molar-refractivity contribution in [2.75, 3.05) is 24.6 Å². The molecule has 0 fully saturated rings. The van der Waals surface area contributed by atoms with E-state index in [-0.39, 0.29) is 0 Å². The van der Waals surface area contributed by atoms with E-state index in [2.05, 4.69) is 121 Å². The van der Waals surface area contributed by atoms with Gasteiger partial charge in [-0.2, -0.15) is 0 Å². The summed E-state index contributed by atoms with van der Waals surface area (Å²) >= 11 is 0. The first-order chi connectivity index (χ1) is 18.3. The minimum atomic E-state index is -1.04. The van der Waals surface area contributed by atoms with Crippen molar-refractivity contribution in [2.45, 2.75) is 51.4 Å². The zero-order valence-corrected chi connectivity index (χ0v) is 23.4. The van der Waals surface area contributed by atoms with Gasteiger partial charge in [0, 0.05) is 7.26 Å². The lowest BCUT2D eigenvalue weighted by Gasteiger charge is -2.29. The van der Waals surface area contributed by atoms with Crippen molar-refractivity contribution in [3.8, 4) is 0 Å². The molecule has 0 aliphatic heterocycles. The van der Waals surface area contributed by atoms with Gasteiger partial charge in [0.15, 0.2) is 0 Å². The molecule has 4 aromatic rings. The van der Waals surface area contributed by atoms with Crippen LogP contribution in [0.4, 0.5) is 0 Å². The van der Waals surface area contributed by atoms with Crippen LogP contribution in [0.25, 0.3) is 0 Å². The van der Waals surface area contributed by atoms with E-state index in [1.165, 1.54) is 98.3 Å². The molecular weight excluding hydrogens is 463 g/mol. The molecule has 0 amide bonds. The topological polar surface area (TPSA) is 0 Å². The molecule has 0 aromatic heterocycles. The third kappa shape index (κ3) is 9.94. The maximum atomic E-state index is 2.31. The summed E-state index contributed by atoms with van der Waals surface area (Å²) < 4.78 is 0. The van der Waals surface area contributed by atoms with Gasteiger partial charge >= 0.3 is 0 Å². The second-order valence-corrected chi connectivity index (χ2v) is 15.1. The smallest absolute Gasteiger partial charge is 0.0597 e. The van der Waals surface area contributed by atoms with Gasteiger partial charge in [0.1, 0.15) is 0 Å². The van der Waals surface area contributed by atoms with Crippen LogP contribution in [0.3, 0.4) is 0 Å². The maximum absolute atomic E-state index is 2.31. The first kappa shape index (κ1) is 27.3. The van der Waals surface area contributed by atoms with Crippen LogP contribution in [-0.2, 0) is 25.7 Å². The Balaban J connectivity index is 1.44. The third-order valence-electron chi connectivity index (χ3n) is 7.76. The molecule has 4 aromatic carbocycles. The molecule has 0 bridgehead atoms. The van der Waals surface area contributed by atoms with Crippen LogP contribution in [0.15, 0.2) is 121 Å². The van der Waals surface area contributed by atoms with E-state index in [9.17, 15) is 0 Å². The van der Waals surface area contributed by atoms with Crippen LogP contribution in [0.2, 0.25) is 0 Å². The first-order valence-electron chi connectivity index (χ1n) is 14.3. The molecule has 0 atom stereocenters. The summed E-state index contributed by atoms with van der Waals surface area (Å²) in [7, 11) is -1.04. The van der Waals surface area contributed by atoms with Gasteiger partial charge in [-0.1, -0.05) is 121 Å². The quantitative estimate of drug-likeness (QED) is 0.132. The van der Waals surface area contributed by atoms with Crippen molar-refractivity contribution in [1.82, 2.24) is 0 Å². The van der Waals surface area contributed by atoms with Crippen molar-refractivity contribution in [2.24, 2.45) is 0 Å². The molecule has 0 heterocycles. The zero-order chi connectivity index (χ0) is 25.4. The highest BCUT2D eigenvalue weighted by Gasteiger charge is 2.35. The van der Waals surface area contributed by atoms with Gasteiger partial charge in [-0.3, -0.25) is 0 Å². The Labute approximate surface area is 226 Å². The van der Waals surface area contributed by atoms with E-state index in [0.29, 0.717) is 0 Å². The van der Waals surface area contributed by atoms with E-state index in [1.54, 1.807) is 0 Å². The van der Waals surface area contributed by atoms with E-state index >= 15 is 0 Å². The number of hydrogen-bond acceptors (Lipinski definition) is 0. The molecule has 0 radical (unpaired) electrons. The van der Waals surface area contributed by atoms with Crippen LogP contribution in [0.5, 0.6) is 0 Å². The third-order valence-corrected chi connectivity index (χ3v) is 12.8. The standard InChI is InChI=1S/C36H44P/c1-5-17-33(18-6-1)25-13-29-37(30-14-26-34-19-7-2-8-20-34,31-15-27-35-21-9-3-10-22-35)32-16-28-36-23-11-4-12-24-36/h1-12,17-24H,13-16,25-32H2/q+1. The second-order valence-electron chi connectivity index (χ2n) is 10.6. The Morgan fingerprint density at radius 3 is 0.730 bits per heavy atom. The largest absolute Gasteiger partial charge is 0.0622 e. The van der Waals surface area contributed by atoms with Gasteiger partial charge in [-0.25, -0.2) is 0 Å². The fourth-order valence-electron chi connectivity index (χ4n) is 5.72. The van der Waals surface area contributed by atoms with Gasteiger partial charge in [-0.15, -0.1) is 0 Å². The summed E-state index contributed by atoms with van der Waals surface area (Å²) in [6, 6.07) is 44.5. The maximum Gasteiger partial charge on any atom is 0.0597 e. The first-order valence-corrected chi connectivity index (χ1v) is 16.9. The molecule has 0 aliphatic carbocycles. The van der Waals surface area contributed by atoms with Gasteiger partial charge in [0.05, 0.1) is 24.6 Å². The van der Waals surface area contributed by atoms with Crippen molar-refractivity contribution in [1.29, 1.82) is 0 Å². The lowest BCUT2D eigenvalue weighted by molar-refractivity contribution is 0.843. The second kappa shape index (κ2) is 15.5. The Hall–Kier alpha value is -2.69. The lowest BCUT2D eigenvalue weighted by atomic mass is 10.1. The summed E-state index contributed by atoms with van der Waals surface area (Å²) in [5, 5.41) is 0. The molecule has 0 nitrogen and oxygen atoms in total. The molecule has 0 unspecified atom stereocenters. The van der Waals surface area contributed by atoms with Crippen LogP contribution in [0.1, 0.15) is 47.9 Å². The van der Waals surface area contributed by atoms with Crippen molar-refractivity contribution < 1.29 is 0 Å². The van der Waals surface area contributed by atoms with Gasteiger partial charge < -0.3 is 0 Å². The summed E-state index contributed by atoms with van der Waals surface area (Å²) in [6.45, 7) is 0. The van der Waals surface area contributed by atoms with Gasteiger partial charge in [0.2, 0.25) is 0 Å². The molecule has 0 aliphatic rings. The van der Waals surface area contributed by atoms with Crippen LogP contribution < -0.4 is 0 Å². The van der Waals surface area contributed by atoms with Crippen molar-refractivity contribution in [3.05, 3.63) is 144 Å². The fraction of sp³-hybridized carbons (Fsp3) is 0.333. The number of aryl methyl sites for hydroxylation is 4. The molecule has 4 rings (SSSR count). The Bertz CT molecular complexity index is 919. The predicted molar refractivity (Wildman–Crippen MR) is 165 cm³/mol. The summed E-state index contributed by atoms with van der Waals surface area (Å²) in [6.07, 6.45) is 16.0. The average molecular weight is 508 g/mol. The predicted octanol–water partition coefficient (Wildman–Crippen LogP) is 9.54. The van der Waals surface area contributed by atoms with Crippen molar-refractivity contribution >= 4 is 7.26 Å². The lowest BCUT2D eigenvalue weighted by Crippen LogP contribution is -2.15. The molecule has 192 valence electrons. The monoisotopic (exact) mass is 507 g/mol.